The molecule has 0 atom stereocenters. The third kappa shape index (κ3) is 3.79. The first-order valence-electron chi connectivity index (χ1n) is 4.45. The Hall–Kier alpha value is -1.74. The molecule has 0 fully saturated rings. The van der Waals surface area contributed by atoms with Gasteiger partial charge in [0.05, 0.1) is 10.5 Å². The van der Waals surface area contributed by atoms with Crippen LogP contribution in [0.25, 0.3) is 0 Å². The van der Waals surface area contributed by atoms with Crippen LogP contribution in [0.2, 0.25) is 0 Å². The average molecular weight is 284 g/mol. The number of nitrogens with zero attached hydrogens (tertiary/aromatic N) is 1. The van der Waals surface area contributed by atoms with E-state index in [2.05, 4.69) is 21.2 Å². The Bertz CT molecular complexity index is 429. The monoisotopic (exact) mass is 283 g/mol. The van der Waals surface area contributed by atoms with Crippen molar-refractivity contribution in [2.45, 2.75) is 0 Å². The highest BCUT2D eigenvalue weighted by molar-refractivity contribution is 9.10. The number of rotatable bonds is 4. The van der Waals surface area contributed by atoms with Gasteiger partial charge < -0.3 is 15.8 Å². The van der Waals surface area contributed by atoms with Crippen molar-refractivity contribution in [2.24, 2.45) is 0 Å². The quantitative estimate of drug-likeness (QED) is 0.639. The van der Waals surface area contributed by atoms with Crippen LogP contribution in [0, 0.1) is 11.3 Å². The number of halogens is 1. The number of hydrogen-bond acceptors (Lipinski definition) is 4. The maximum atomic E-state index is 11.1. The van der Waals surface area contributed by atoms with Gasteiger partial charge in [-0.3, -0.25) is 4.79 Å². The molecule has 0 saturated heterocycles. The molecule has 0 aliphatic heterocycles. The third-order valence-electron chi connectivity index (χ3n) is 1.68. The number of carbonyl (C=O) groups excluding carboxylic acids is 1. The van der Waals surface area contributed by atoms with Gasteiger partial charge in [-0.2, -0.15) is 5.26 Å². The Kier molecular flexibility index (Phi) is 4.61. The first-order chi connectivity index (χ1) is 7.63. The summed E-state index contributed by atoms with van der Waals surface area (Å²) < 4.78 is 5.95. The van der Waals surface area contributed by atoms with Gasteiger partial charge in [0.25, 0.3) is 5.91 Å². The first kappa shape index (κ1) is 12.3. The lowest BCUT2D eigenvalue weighted by atomic mass is 10.3. The molecule has 1 amide bonds. The minimum Gasteiger partial charge on any atom is -0.483 e. The molecule has 1 aromatic carbocycles. The zero-order chi connectivity index (χ0) is 12.0. The highest BCUT2D eigenvalue weighted by Crippen LogP contribution is 2.26. The summed E-state index contributed by atoms with van der Waals surface area (Å²) in [6.07, 6.45) is 0. The summed E-state index contributed by atoms with van der Waals surface area (Å²) in [4.78, 5) is 11.1. The van der Waals surface area contributed by atoms with Crippen LogP contribution in [0.1, 0.15) is 0 Å². The Labute approximate surface area is 101 Å². The summed E-state index contributed by atoms with van der Waals surface area (Å²) in [5.41, 5.74) is 6.12. The van der Waals surface area contributed by atoms with Gasteiger partial charge in [0.15, 0.2) is 6.61 Å². The predicted octanol–water partition coefficient (Wildman–Crippen LogP) is 1.05. The topological polar surface area (TPSA) is 88.1 Å². The van der Waals surface area contributed by atoms with Crippen molar-refractivity contribution in [2.75, 3.05) is 18.9 Å². The molecule has 0 spiro atoms. The molecule has 0 unspecified atom stereocenters. The van der Waals surface area contributed by atoms with Crippen molar-refractivity contribution in [3.63, 3.8) is 0 Å². The van der Waals surface area contributed by atoms with Crippen LogP contribution < -0.4 is 15.8 Å². The molecule has 16 heavy (non-hydrogen) atoms. The number of carbonyl (C=O) groups is 1. The van der Waals surface area contributed by atoms with Crippen molar-refractivity contribution < 1.29 is 9.53 Å². The van der Waals surface area contributed by atoms with Gasteiger partial charge in [0.2, 0.25) is 0 Å². The molecule has 1 aromatic rings. The molecule has 5 nitrogen and oxygen atoms in total. The Balaban J connectivity index is 2.51. The van der Waals surface area contributed by atoms with Gasteiger partial charge in [-0.1, -0.05) is 0 Å². The number of nitrogens with two attached hydrogens (primary N) is 1. The van der Waals surface area contributed by atoms with Gasteiger partial charge in [0.1, 0.15) is 12.3 Å². The summed E-state index contributed by atoms with van der Waals surface area (Å²) in [6, 6.07) is 6.86. The van der Waals surface area contributed by atoms with Gasteiger partial charge in [0, 0.05) is 11.8 Å². The second-order valence-corrected chi connectivity index (χ2v) is 3.77. The fraction of sp³-hybridized carbons (Fsp3) is 0.200. The Morgan fingerprint density at radius 1 is 1.62 bits per heavy atom. The van der Waals surface area contributed by atoms with E-state index in [0.29, 0.717) is 11.4 Å². The number of anilines is 1. The lowest BCUT2D eigenvalue weighted by Gasteiger charge is -2.08. The molecule has 84 valence electrons. The molecule has 0 aliphatic rings. The van der Waals surface area contributed by atoms with E-state index in [-0.39, 0.29) is 19.1 Å². The van der Waals surface area contributed by atoms with Crippen LogP contribution in [0.15, 0.2) is 22.7 Å². The molecule has 0 bridgehead atoms. The lowest BCUT2D eigenvalue weighted by Crippen LogP contribution is -2.29. The number of hydrogen-bond donors (Lipinski definition) is 2. The first-order valence-corrected chi connectivity index (χ1v) is 5.24. The second-order valence-electron chi connectivity index (χ2n) is 2.91. The second kappa shape index (κ2) is 5.98. The minimum atomic E-state index is -0.351. The number of benzene rings is 1. The summed E-state index contributed by atoms with van der Waals surface area (Å²) in [5.74, 6) is 0.142. The van der Waals surface area contributed by atoms with Crippen molar-refractivity contribution in [1.82, 2.24) is 5.32 Å². The van der Waals surface area contributed by atoms with Gasteiger partial charge in [-0.25, -0.2) is 0 Å². The number of nitrogen functional groups attached to an aromatic ring is 1. The van der Waals surface area contributed by atoms with E-state index in [9.17, 15) is 4.79 Å². The summed E-state index contributed by atoms with van der Waals surface area (Å²) in [6.45, 7) is -0.177. The van der Waals surface area contributed by atoms with Gasteiger partial charge >= 0.3 is 0 Å². The van der Waals surface area contributed by atoms with Gasteiger partial charge in [-0.05, 0) is 28.1 Å². The van der Waals surface area contributed by atoms with Crippen LogP contribution in [0.4, 0.5) is 5.69 Å². The van der Waals surface area contributed by atoms with E-state index >= 15 is 0 Å². The standard InChI is InChI=1S/C10H10BrN3O2/c11-8-2-1-7(13)5-9(8)16-6-10(15)14-4-3-12/h1-2,5H,4,6,13H2,(H,14,15). The summed E-state index contributed by atoms with van der Waals surface area (Å²) >= 11 is 3.27. The molecule has 0 saturated carbocycles. The molecule has 6 heteroatoms. The molecular formula is C10H10BrN3O2. The molecule has 3 N–H and O–H groups in total. The maximum absolute atomic E-state index is 11.1. The lowest BCUT2D eigenvalue weighted by molar-refractivity contribution is -0.122. The van der Waals surface area contributed by atoms with Crippen molar-refractivity contribution in [1.29, 1.82) is 5.26 Å². The average Bonchev–Trinajstić information content (AvgIpc) is 2.27. The minimum absolute atomic E-state index is 0.0275. The third-order valence-corrected chi connectivity index (χ3v) is 2.33. The SMILES string of the molecule is N#CCNC(=O)COc1cc(N)ccc1Br. The van der Waals surface area contributed by atoms with Crippen molar-refractivity contribution >= 4 is 27.5 Å². The number of amides is 1. The van der Waals surface area contributed by atoms with E-state index in [0.717, 1.165) is 4.47 Å². The summed E-state index contributed by atoms with van der Waals surface area (Å²) in [5, 5.41) is 10.6. The van der Waals surface area contributed by atoms with Crippen molar-refractivity contribution in [3.05, 3.63) is 22.7 Å². The fourth-order valence-corrected chi connectivity index (χ4v) is 1.32. The molecule has 0 radical (unpaired) electrons. The molecule has 0 aliphatic carbocycles. The largest absolute Gasteiger partial charge is 0.483 e. The fourth-order valence-electron chi connectivity index (χ4n) is 0.963. The molecule has 0 aromatic heterocycles. The van der Waals surface area contributed by atoms with E-state index in [1.54, 1.807) is 24.3 Å². The maximum Gasteiger partial charge on any atom is 0.258 e. The predicted molar refractivity (Wildman–Crippen MR) is 62.7 cm³/mol. The van der Waals surface area contributed by atoms with Crippen LogP contribution in [-0.2, 0) is 4.79 Å². The van der Waals surface area contributed by atoms with Crippen LogP contribution in [0.5, 0.6) is 5.75 Å². The van der Waals surface area contributed by atoms with Crippen LogP contribution in [0.3, 0.4) is 0 Å². The Morgan fingerprint density at radius 3 is 3.06 bits per heavy atom. The zero-order valence-corrected chi connectivity index (χ0v) is 9.95. The van der Waals surface area contributed by atoms with Crippen molar-refractivity contribution in [3.8, 4) is 11.8 Å². The molecular weight excluding hydrogens is 274 g/mol. The number of nitriles is 1. The Morgan fingerprint density at radius 2 is 2.38 bits per heavy atom. The highest BCUT2D eigenvalue weighted by Gasteiger charge is 2.05. The van der Waals surface area contributed by atoms with E-state index in [1.165, 1.54) is 0 Å². The number of ether oxygens (including phenoxy) is 1. The van der Waals surface area contributed by atoms with E-state index < -0.39 is 0 Å². The summed E-state index contributed by atoms with van der Waals surface area (Å²) in [7, 11) is 0. The molecule has 1 rings (SSSR count). The van der Waals surface area contributed by atoms with E-state index in [1.807, 2.05) is 0 Å². The van der Waals surface area contributed by atoms with Crippen LogP contribution in [-0.4, -0.2) is 19.1 Å². The zero-order valence-electron chi connectivity index (χ0n) is 8.37. The van der Waals surface area contributed by atoms with Gasteiger partial charge in [-0.15, -0.1) is 0 Å². The smallest absolute Gasteiger partial charge is 0.258 e. The number of nitrogens with one attached hydrogen (secondary N) is 1. The molecule has 0 heterocycles. The van der Waals surface area contributed by atoms with Crippen LogP contribution >= 0.6 is 15.9 Å². The normalized spacial score (nSPS) is 9.25. The van der Waals surface area contributed by atoms with E-state index in [4.69, 9.17) is 15.7 Å². The highest BCUT2D eigenvalue weighted by atomic mass is 79.9.